The van der Waals surface area contributed by atoms with E-state index in [1.165, 1.54) is 27.1 Å². The van der Waals surface area contributed by atoms with E-state index in [1.807, 2.05) is 0 Å². The highest BCUT2D eigenvalue weighted by Crippen LogP contribution is 2.47. The van der Waals surface area contributed by atoms with Crippen molar-refractivity contribution in [2.75, 3.05) is 0 Å². The molecule has 0 saturated carbocycles. The summed E-state index contributed by atoms with van der Waals surface area (Å²) in [5.74, 6) is 0. The van der Waals surface area contributed by atoms with Crippen molar-refractivity contribution in [2.45, 2.75) is 193 Å². The lowest BCUT2D eigenvalue weighted by atomic mass is 9.90. The van der Waals surface area contributed by atoms with Gasteiger partial charge in [0.25, 0.3) is 7.25 Å². The summed E-state index contributed by atoms with van der Waals surface area (Å²) in [6, 6.07) is 10.4. The van der Waals surface area contributed by atoms with Crippen LogP contribution in [-0.2, 0) is 9.31 Å². The maximum Gasteiger partial charge on any atom is 0.464 e. The van der Waals surface area contributed by atoms with Gasteiger partial charge in [-0.05, 0) is 91.0 Å². The lowest BCUT2D eigenvalue weighted by Crippen LogP contribution is -2.71. The van der Waals surface area contributed by atoms with Gasteiger partial charge in [0.2, 0.25) is 0 Å². The number of halogens is 1. The fraction of sp³-hybridized carbons (Fsp3) is 0.714. The van der Waals surface area contributed by atoms with Gasteiger partial charge < -0.3 is 9.31 Å². The van der Waals surface area contributed by atoms with Crippen molar-refractivity contribution in [2.24, 2.45) is 0 Å². The predicted octanol–water partition coefficient (Wildman–Crippen LogP) is 12.6. The zero-order valence-corrected chi connectivity index (χ0v) is 47.1. The van der Waals surface area contributed by atoms with Gasteiger partial charge in [-0.3, -0.25) is 0 Å². The van der Waals surface area contributed by atoms with Crippen LogP contribution in [0.4, 0.5) is 0 Å². The van der Waals surface area contributed by atoms with E-state index >= 15 is 0 Å². The average Bonchev–Trinajstić information content (AvgIpc) is 3.04. The van der Waals surface area contributed by atoms with E-state index in [-0.39, 0.29) is 0 Å². The highest BCUT2D eigenvalue weighted by Gasteiger charge is 2.65. The third-order valence-electron chi connectivity index (χ3n) is 12.4. The van der Waals surface area contributed by atoms with Crippen LogP contribution in [0.3, 0.4) is 0 Å². The van der Waals surface area contributed by atoms with Gasteiger partial charge in [0.05, 0.1) is 11.2 Å². The summed E-state index contributed by atoms with van der Waals surface area (Å²) >= 11 is 9.09. The molecular weight excluding hydrogens is 779 g/mol. The molecule has 1 aliphatic rings. The summed E-state index contributed by atoms with van der Waals surface area (Å²) in [6.45, 7) is 62.7. The fourth-order valence-corrected chi connectivity index (χ4v) is 56.4. The molecule has 0 radical (unpaired) electrons. The molecule has 0 bridgehead atoms. The number of benzene rings is 2. The van der Waals surface area contributed by atoms with Crippen molar-refractivity contribution >= 4 is 83.9 Å². The first kappa shape index (κ1) is 47.6. The highest BCUT2D eigenvalue weighted by molar-refractivity contribution is 7.61. The Bertz CT molecular complexity index is 1530. The zero-order chi connectivity index (χ0) is 41.7. The van der Waals surface area contributed by atoms with Gasteiger partial charge in [-0.2, -0.15) is 11.1 Å². The molecule has 0 amide bonds. The largest absolute Gasteiger partial charge is 0.464 e. The van der Waals surface area contributed by atoms with Crippen molar-refractivity contribution < 1.29 is 9.31 Å². The monoisotopic (exact) mass is 860 g/mol. The molecule has 2 aromatic carbocycles. The third-order valence-corrected chi connectivity index (χ3v) is 45.6. The molecule has 1 fully saturated rings. The van der Waals surface area contributed by atoms with Gasteiger partial charge in [0.1, 0.15) is 0 Å². The average molecular weight is 862 g/mol. The molecule has 0 spiro atoms. The smallest absolute Gasteiger partial charge is 0.405 e. The molecule has 1 atom stereocenters. The van der Waals surface area contributed by atoms with Crippen LogP contribution in [0, 0.1) is 20.8 Å². The summed E-state index contributed by atoms with van der Waals surface area (Å²) in [4.78, 5) is 0. The molecular formula is C42H82BClO2Si7. The fourth-order valence-electron chi connectivity index (χ4n) is 11.6. The summed E-state index contributed by atoms with van der Waals surface area (Å²) in [5.41, 5.74) is 7.73. The van der Waals surface area contributed by atoms with Crippen LogP contribution in [0.1, 0.15) is 76.6 Å². The second-order valence-electron chi connectivity index (χ2n) is 24.6. The van der Waals surface area contributed by atoms with Gasteiger partial charge in [0, 0.05) is 48.4 Å². The molecule has 1 heterocycles. The molecule has 53 heavy (non-hydrogen) atoms. The van der Waals surface area contributed by atoms with Gasteiger partial charge in [0.15, 0.2) is 0 Å². The lowest BCUT2D eigenvalue weighted by molar-refractivity contribution is 0.00578. The Balaban J connectivity index is 2.96. The maximum absolute atomic E-state index is 9.09. The Morgan fingerprint density at radius 1 is 0.472 bits per heavy atom. The molecule has 1 saturated heterocycles. The summed E-state index contributed by atoms with van der Waals surface area (Å²) < 4.78 is 14.7. The molecule has 0 aliphatic carbocycles. The quantitative estimate of drug-likeness (QED) is 0.156. The lowest BCUT2D eigenvalue weighted by Gasteiger charge is -2.48. The molecule has 0 aromatic heterocycles. The Hall–Kier alpha value is 0.233. The Morgan fingerprint density at radius 2 is 0.755 bits per heavy atom. The van der Waals surface area contributed by atoms with Crippen molar-refractivity contribution in [1.29, 1.82) is 0 Å². The van der Waals surface area contributed by atoms with E-state index in [1.54, 1.807) is 16.7 Å². The molecule has 2 nitrogen and oxygen atoms in total. The van der Waals surface area contributed by atoms with Crippen LogP contribution >= 0.6 is 11.1 Å². The van der Waals surface area contributed by atoms with Crippen LogP contribution < -0.4 is 10.4 Å². The Labute approximate surface area is 341 Å². The maximum atomic E-state index is 9.09. The first-order valence-electron chi connectivity index (χ1n) is 20.5. The molecule has 3 rings (SSSR count). The van der Waals surface area contributed by atoms with Crippen molar-refractivity contribution in [3.8, 4) is 0 Å². The van der Waals surface area contributed by atoms with E-state index in [9.17, 15) is 0 Å². The molecule has 300 valence electrons. The van der Waals surface area contributed by atoms with Crippen LogP contribution in [0.2, 0.25) is 118 Å². The number of hydrogen-bond donors (Lipinski definition) is 0. The second kappa shape index (κ2) is 14.8. The second-order valence-corrected chi connectivity index (χ2v) is 62.9. The van der Waals surface area contributed by atoms with Gasteiger partial charge in [-0.1, -0.05) is 159 Å². The Kier molecular flexibility index (Phi) is 13.3. The van der Waals surface area contributed by atoms with E-state index in [2.05, 4.69) is 191 Å². The SMILES string of the molecule is Cc1cc(C)c([Si](Cl)(B2OC(C)(C)C(C)(C)O2)c2c(C([Si](C)(C)C)[Si](C)(C)C)cc(C([Si](C)(C)C)[Si](C)(C)C)cc2C([Si](C)(C)C)[Si](C)(C)C)c(C)c1. The molecule has 11 heteroatoms. The first-order chi connectivity index (χ1) is 23.2. The number of rotatable bonds is 12. The molecule has 2 aromatic rings. The third kappa shape index (κ3) is 9.59. The van der Waals surface area contributed by atoms with Crippen molar-refractivity contribution in [3.05, 3.63) is 57.6 Å². The summed E-state index contributed by atoms with van der Waals surface area (Å²) in [6.07, 6.45) is 0. The molecule has 1 unspecified atom stereocenters. The van der Waals surface area contributed by atoms with Crippen LogP contribution in [0.5, 0.6) is 0 Å². The minimum absolute atomic E-state index is 0.494. The molecule has 1 aliphatic heterocycles. The van der Waals surface area contributed by atoms with Gasteiger partial charge >= 0.3 is 6.71 Å². The zero-order valence-electron chi connectivity index (χ0n) is 39.3. The van der Waals surface area contributed by atoms with E-state index in [0.29, 0.717) is 15.5 Å². The minimum atomic E-state index is -3.40. The van der Waals surface area contributed by atoms with Crippen molar-refractivity contribution in [3.63, 3.8) is 0 Å². The standard InChI is InChI=1S/C42H82BClO2Si7/c1-30-26-31(2)36(32(3)27-30)53(44,43-45-41(4,5)42(6,7)46-43)37-34(39(49(14,15)16)50(17,18)19)28-33(38(47(8,9)10)48(11,12)13)29-35(37)40(51(20,21)22)52(23,24)25/h26-29,38-40H,1-25H3. The number of hydrogen-bond acceptors (Lipinski definition) is 2. The van der Waals surface area contributed by atoms with E-state index in [4.69, 9.17) is 20.4 Å². The van der Waals surface area contributed by atoms with Gasteiger partial charge in [-0.25, -0.2) is 0 Å². The first-order valence-corrected chi connectivity index (χ1v) is 45.1. The van der Waals surface area contributed by atoms with Gasteiger partial charge in [-0.15, -0.1) is 0 Å². The van der Waals surface area contributed by atoms with Crippen LogP contribution in [0.25, 0.3) is 0 Å². The minimum Gasteiger partial charge on any atom is -0.405 e. The summed E-state index contributed by atoms with van der Waals surface area (Å²) in [7, 11) is -13.9. The normalized spacial score (nSPS) is 18.8. The molecule has 0 N–H and O–H groups in total. The Morgan fingerprint density at radius 3 is 1.02 bits per heavy atom. The van der Waals surface area contributed by atoms with Crippen LogP contribution in [0.15, 0.2) is 24.3 Å². The predicted molar refractivity (Wildman–Crippen MR) is 262 cm³/mol. The van der Waals surface area contributed by atoms with Crippen molar-refractivity contribution in [1.82, 2.24) is 0 Å². The van der Waals surface area contributed by atoms with Crippen LogP contribution in [-0.4, -0.2) is 73.6 Å². The van der Waals surface area contributed by atoms with E-state index in [0.717, 1.165) is 0 Å². The highest BCUT2D eigenvalue weighted by atomic mass is 35.6. The topological polar surface area (TPSA) is 18.5 Å². The number of aryl methyl sites for hydroxylation is 3. The summed E-state index contributed by atoms with van der Waals surface area (Å²) in [5, 5.41) is 4.50. The van der Waals surface area contributed by atoms with E-state index < -0.39 is 73.6 Å².